The van der Waals surface area contributed by atoms with Gasteiger partial charge in [0.15, 0.2) is 5.65 Å². The Morgan fingerprint density at radius 1 is 1.13 bits per heavy atom. The number of para-hydroxylation sites is 1. The van der Waals surface area contributed by atoms with Crippen molar-refractivity contribution in [2.75, 3.05) is 0 Å². The minimum Gasteiger partial charge on any atom is -0.335 e. The maximum atomic E-state index is 12.5. The predicted octanol–water partition coefficient (Wildman–Crippen LogP) is 3.45. The molecule has 2 aromatic heterocycles. The highest BCUT2D eigenvalue weighted by atomic mass is 32.2. The van der Waals surface area contributed by atoms with Crippen LogP contribution < -0.4 is 10.6 Å². The number of benzene rings is 1. The minimum atomic E-state index is -0.500. The van der Waals surface area contributed by atoms with E-state index in [0.717, 1.165) is 36.8 Å². The number of urea groups is 1. The molecule has 0 radical (unpaired) electrons. The summed E-state index contributed by atoms with van der Waals surface area (Å²) in [7, 11) is 0. The molecule has 0 unspecified atom stereocenters. The van der Waals surface area contributed by atoms with Crippen LogP contribution in [0.1, 0.15) is 39.0 Å². The number of hydrogen-bond acceptors (Lipinski definition) is 6. The summed E-state index contributed by atoms with van der Waals surface area (Å²) in [6.07, 6.45) is 8.54. The van der Waals surface area contributed by atoms with Crippen LogP contribution in [0.2, 0.25) is 0 Å². The summed E-state index contributed by atoms with van der Waals surface area (Å²) in [6.45, 7) is 1.75. The maximum Gasteiger partial charge on any atom is 0.321 e. The van der Waals surface area contributed by atoms with Crippen LogP contribution in [0.15, 0.2) is 47.9 Å². The van der Waals surface area contributed by atoms with Crippen molar-refractivity contribution >= 4 is 34.7 Å². The van der Waals surface area contributed by atoms with Gasteiger partial charge in [-0.2, -0.15) is 5.10 Å². The number of carbonyl (C=O) groups is 2. The molecular weight excluding hydrogens is 400 g/mol. The Kier molecular flexibility index (Phi) is 6.27. The van der Waals surface area contributed by atoms with Crippen LogP contribution in [0.25, 0.3) is 16.7 Å². The maximum absolute atomic E-state index is 12.5. The molecule has 9 heteroatoms. The molecule has 3 aromatic rings. The largest absolute Gasteiger partial charge is 0.335 e. The number of thioether (sulfide) groups is 1. The normalized spacial score (nSPS) is 15.6. The Bertz CT molecular complexity index is 1030. The first-order chi connectivity index (χ1) is 14.6. The van der Waals surface area contributed by atoms with E-state index < -0.39 is 11.3 Å². The monoisotopic (exact) mass is 424 g/mol. The molecule has 0 spiro atoms. The molecular formula is C21H24N6O2S. The number of amides is 3. The van der Waals surface area contributed by atoms with Crippen LogP contribution in [0.3, 0.4) is 0 Å². The molecule has 1 aliphatic carbocycles. The fourth-order valence-corrected chi connectivity index (χ4v) is 4.46. The highest BCUT2D eigenvalue weighted by molar-refractivity contribution is 8.00. The van der Waals surface area contributed by atoms with Crippen molar-refractivity contribution in [3.05, 3.63) is 42.9 Å². The number of aromatic nitrogens is 4. The number of nitrogens with zero attached hydrogens (tertiary/aromatic N) is 4. The van der Waals surface area contributed by atoms with Crippen molar-refractivity contribution in [2.45, 2.75) is 55.3 Å². The molecule has 8 nitrogen and oxygen atoms in total. The third-order valence-corrected chi connectivity index (χ3v) is 6.28. The second-order valence-electron chi connectivity index (χ2n) is 7.37. The lowest BCUT2D eigenvalue weighted by Crippen LogP contribution is -2.47. The number of carbonyl (C=O) groups excluding carboxylic acids is 2. The molecule has 2 N–H and O–H groups in total. The molecule has 4 rings (SSSR count). The third-order valence-electron chi connectivity index (χ3n) is 5.16. The van der Waals surface area contributed by atoms with Gasteiger partial charge in [0.2, 0.25) is 5.91 Å². The Morgan fingerprint density at radius 3 is 2.67 bits per heavy atom. The molecule has 2 heterocycles. The van der Waals surface area contributed by atoms with Crippen LogP contribution >= 0.6 is 11.8 Å². The summed E-state index contributed by atoms with van der Waals surface area (Å²) in [6, 6.07) is 9.43. The molecule has 156 valence electrons. The lowest BCUT2D eigenvalue weighted by atomic mass is 9.96. The zero-order chi connectivity index (χ0) is 20.9. The molecule has 1 fully saturated rings. The lowest BCUT2D eigenvalue weighted by Gasteiger charge is -2.23. The van der Waals surface area contributed by atoms with E-state index in [4.69, 9.17) is 0 Å². The van der Waals surface area contributed by atoms with Crippen molar-refractivity contribution < 1.29 is 9.59 Å². The van der Waals surface area contributed by atoms with Crippen molar-refractivity contribution in [3.63, 3.8) is 0 Å². The van der Waals surface area contributed by atoms with Gasteiger partial charge < -0.3 is 5.32 Å². The molecule has 0 bridgehead atoms. The van der Waals surface area contributed by atoms with E-state index in [0.29, 0.717) is 10.7 Å². The Balaban J connectivity index is 1.42. The quantitative estimate of drug-likeness (QED) is 0.480. The second-order valence-corrected chi connectivity index (χ2v) is 8.70. The predicted molar refractivity (Wildman–Crippen MR) is 116 cm³/mol. The van der Waals surface area contributed by atoms with Crippen LogP contribution in [-0.4, -0.2) is 43.0 Å². The first-order valence-electron chi connectivity index (χ1n) is 10.1. The number of fused-ring (bicyclic) bond motifs is 1. The molecule has 1 aliphatic rings. The summed E-state index contributed by atoms with van der Waals surface area (Å²) < 4.78 is 1.74. The van der Waals surface area contributed by atoms with Gasteiger partial charge in [0, 0.05) is 6.04 Å². The van der Waals surface area contributed by atoms with Crippen molar-refractivity contribution in [1.82, 2.24) is 30.4 Å². The van der Waals surface area contributed by atoms with Gasteiger partial charge in [-0.3, -0.25) is 10.1 Å². The van der Waals surface area contributed by atoms with E-state index in [1.54, 1.807) is 17.8 Å². The minimum absolute atomic E-state index is 0.153. The van der Waals surface area contributed by atoms with Gasteiger partial charge >= 0.3 is 6.03 Å². The lowest BCUT2D eigenvalue weighted by molar-refractivity contribution is -0.119. The fraction of sp³-hybridized carbons (Fsp3) is 0.381. The third kappa shape index (κ3) is 4.62. The van der Waals surface area contributed by atoms with Gasteiger partial charge in [-0.25, -0.2) is 19.4 Å². The van der Waals surface area contributed by atoms with Crippen molar-refractivity contribution in [2.24, 2.45) is 0 Å². The average Bonchev–Trinajstić information content (AvgIpc) is 3.20. The second kappa shape index (κ2) is 9.25. The van der Waals surface area contributed by atoms with Gasteiger partial charge in [-0.05, 0) is 31.9 Å². The molecule has 30 heavy (non-hydrogen) atoms. The Morgan fingerprint density at radius 2 is 1.90 bits per heavy atom. The van der Waals surface area contributed by atoms with E-state index in [1.807, 2.05) is 30.3 Å². The van der Waals surface area contributed by atoms with Gasteiger partial charge in [-0.15, -0.1) is 0 Å². The molecule has 0 saturated heterocycles. The van der Waals surface area contributed by atoms with Gasteiger partial charge in [0.05, 0.1) is 22.5 Å². The van der Waals surface area contributed by atoms with Crippen LogP contribution in [0, 0.1) is 0 Å². The number of nitrogens with one attached hydrogen (secondary N) is 2. The molecule has 0 aliphatic heterocycles. The van der Waals surface area contributed by atoms with Crippen LogP contribution in [0.4, 0.5) is 4.79 Å². The van der Waals surface area contributed by atoms with Gasteiger partial charge in [0.25, 0.3) is 0 Å². The van der Waals surface area contributed by atoms with E-state index in [1.165, 1.54) is 24.5 Å². The van der Waals surface area contributed by atoms with Gasteiger partial charge in [-0.1, -0.05) is 49.2 Å². The summed E-state index contributed by atoms with van der Waals surface area (Å²) in [5, 5.41) is 10.7. The summed E-state index contributed by atoms with van der Waals surface area (Å²) in [5.41, 5.74) is 1.56. The first kappa shape index (κ1) is 20.3. The molecule has 1 atom stereocenters. The average molecular weight is 425 g/mol. The zero-order valence-corrected chi connectivity index (χ0v) is 17.6. The smallest absolute Gasteiger partial charge is 0.321 e. The number of imide groups is 1. The molecule has 1 saturated carbocycles. The SMILES string of the molecule is C[C@@H](Sc1ncnc2c1cnn2-c1ccccc1)C(=O)NC(=O)NC1CCCCC1. The fourth-order valence-electron chi connectivity index (χ4n) is 3.58. The topological polar surface area (TPSA) is 102 Å². The van der Waals surface area contributed by atoms with E-state index in [-0.39, 0.29) is 11.9 Å². The van der Waals surface area contributed by atoms with Crippen LogP contribution in [0.5, 0.6) is 0 Å². The summed E-state index contributed by atoms with van der Waals surface area (Å²) in [5.74, 6) is -0.351. The Labute approximate surface area is 178 Å². The number of hydrogen-bond donors (Lipinski definition) is 2. The number of rotatable bonds is 5. The van der Waals surface area contributed by atoms with E-state index in [9.17, 15) is 9.59 Å². The van der Waals surface area contributed by atoms with Crippen molar-refractivity contribution in [1.29, 1.82) is 0 Å². The highest BCUT2D eigenvalue weighted by Gasteiger charge is 2.22. The highest BCUT2D eigenvalue weighted by Crippen LogP contribution is 2.28. The molecule has 3 amide bonds. The standard InChI is InChI=1S/C21H24N6O2S/c1-14(19(28)26-21(29)25-15-8-4-2-5-9-15)30-20-17-12-24-27(18(17)22-13-23-20)16-10-6-3-7-11-16/h3,6-7,10-15H,2,4-5,8-9H2,1H3,(H2,25,26,28,29)/t14-/m1/s1. The van der Waals surface area contributed by atoms with Gasteiger partial charge in [0.1, 0.15) is 11.4 Å². The molecule has 1 aromatic carbocycles. The summed E-state index contributed by atoms with van der Waals surface area (Å²) in [4.78, 5) is 33.3. The van der Waals surface area contributed by atoms with E-state index in [2.05, 4.69) is 25.7 Å². The first-order valence-corrected chi connectivity index (χ1v) is 11.0. The zero-order valence-electron chi connectivity index (χ0n) is 16.7. The van der Waals surface area contributed by atoms with E-state index >= 15 is 0 Å². The Hall–Kier alpha value is -2.94. The summed E-state index contributed by atoms with van der Waals surface area (Å²) >= 11 is 1.28. The van der Waals surface area contributed by atoms with Crippen molar-refractivity contribution in [3.8, 4) is 5.69 Å². The van der Waals surface area contributed by atoms with Crippen LogP contribution in [-0.2, 0) is 4.79 Å².